The fraction of sp³-hybridized carbons (Fsp3) is 0.750. The third-order valence-electron chi connectivity index (χ3n) is 2.11. The van der Waals surface area contributed by atoms with Gasteiger partial charge in [-0.2, -0.15) is 0 Å². The second kappa shape index (κ2) is 6.00. The Morgan fingerprint density at radius 2 is 1.16 bits per heavy atom. The van der Waals surface area contributed by atoms with Gasteiger partial charge in [-0.1, -0.05) is 0 Å². The van der Waals surface area contributed by atoms with Gasteiger partial charge in [0, 0.05) is 19.3 Å². The largest absolute Gasteiger partial charge is 0.456 e. The van der Waals surface area contributed by atoms with Crippen LogP contribution in [0, 0.1) is 0 Å². The van der Waals surface area contributed by atoms with E-state index in [0.717, 1.165) is 11.4 Å². The highest BCUT2D eigenvalue weighted by molar-refractivity contribution is 6.70. The highest BCUT2D eigenvalue weighted by Crippen LogP contribution is 2.14. The normalized spacial score (nSPS) is 21.9. The molecule has 0 amide bonds. The van der Waals surface area contributed by atoms with Crippen molar-refractivity contribution in [2.45, 2.75) is 58.5 Å². The summed E-state index contributed by atoms with van der Waals surface area (Å²) in [6.45, 7) is 12.4. The van der Waals surface area contributed by atoms with Gasteiger partial charge in [-0.3, -0.25) is 4.79 Å². The van der Waals surface area contributed by atoms with Crippen molar-refractivity contribution >= 4 is 33.8 Å². The van der Waals surface area contributed by atoms with E-state index in [9.17, 15) is 4.79 Å². The number of hydrogen-bond donors (Lipinski definition) is 0. The van der Waals surface area contributed by atoms with Crippen LogP contribution >= 0.6 is 0 Å². The van der Waals surface area contributed by atoms with E-state index in [2.05, 4.69) is 49.6 Å². The van der Waals surface area contributed by atoms with E-state index < -0.39 is 16.6 Å². The molecular formula is C12H24N2O3Si2. The standard InChI is InChI=1S/C12H24N2O3Si2/c1-18(2,3)16-13-10-7-11(9-12(15)8-10)14-17-19(4,5)6/h7-9H2,1-6H3/b13-10-,14-11+. The number of carbonyl (C=O) groups excluding carboxylic acids is 1. The molecule has 0 N–H and O–H groups in total. The highest BCUT2D eigenvalue weighted by atomic mass is 28.4. The van der Waals surface area contributed by atoms with E-state index in [-0.39, 0.29) is 5.78 Å². The first kappa shape index (κ1) is 16.1. The quantitative estimate of drug-likeness (QED) is 0.592. The topological polar surface area (TPSA) is 60.2 Å². The molecule has 0 atom stereocenters. The summed E-state index contributed by atoms with van der Waals surface area (Å²) in [5.74, 6) is 0.127. The number of ketones is 1. The molecule has 1 rings (SSSR count). The Balaban J connectivity index is 2.70. The average molecular weight is 301 g/mol. The zero-order valence-electron chi connectivity index (χ0n) is 12.7. The van der Waals surface area contributed by atoms with Crippen molar-refractivity contribution in [2.75, 3.05) is 0 Å². The Bertz CT molecular complexity index is 370. The van der Waals surface area contributed by atoms with Crippen molar-refractivity contribution in [1.29, 1.82) is 0 Å². The first-order chi connectivity index (χ1) is 8.55. The molecule has 19 heavy (non-hydrogen) atoms. The molecule has 5 nitrogen and oxygen atoms in total. The van der Waals surface area contributed by atoms with Crippen LogP contribution in [0.2, 0.25) is 39.3 Å². The number of hydrogen-bond acceptors (Lipinski definition) is 5. The summed E-state index contributed by atoms with van der Waals surface area (Å²) in [4.78, 5) is 11.7. The lowest BCUT2D eigenvalue weighted by molar-refractivity contribution is -0.117. The molecule has 1 aliphatic carbocycles. The van der Waals surface area contributed by atoms with Gasteiger partial charge >= 0.3 is 0 Å². The van der Waals surface area contributed by atoms with E-state index in [1.807, 2.05) is 0 Å². The predicted octanol–water partition coefficient (Wildman–Crippen LogP) is 3.15. The van der Waals surface area contributed by atoms with Crippen LogP contribution < -0.4 is 0 Å². The maximum atomic E-state index is 11.7. The number of rotatable bonds is 4. The highest BCUT2D eigenvalue weighted by Gasteiger charge is 2.24. The van der Waals surface area contributed by atoms with Crippen molar-refractivity contribution in [3.63, 3.8) is 0 Å². The lowest BCUT2D eigenvalue weighted by atomic mass is 9.95. The zero-order chi connectivity index (χ0) is 14.7. The molecular weight excluding hydrogens is 276 g/mol. The van der Waals surface area contributed by atoms with E-state index in [1.165, 1.54) is 0 Å². The van der Waals surface area contributed by atoms with Crippen molar-refractivity contribution in [3.8, 4) is 0 Å². The summed E-state index contributed by atoms with van der Waals surface area (Å²) in [7, 11) is -3.39. The second-order valence-electron chi connectivity index (χ2n) is 6.79. The number of nitrogens with zero attached hydrogens (tertiary/aromatic N) is 2. The fourth-order valence-electron chi connectivity index (χ4n) is 1.41. The summed E-state index contributed by atoms with van der Waals surface area (Å²) < 4.78 is 11.0. The molecule has 0 saturated heterocycles. The maximum Gasteiger partial charge on any atom is 0.278 e. The van der Waals surface area contributed by atoms with Gasteiger partial charge in [-0.25, -0.2) is 0 Å². The molecule has 7 heteroatoms. The zero-order valence-corrected chi connectivity index (χ0v) is 14.7. The van der Waals surface area contributed by atoms with Crippen molar-refractivity contribution < 1.29 is 13.8 Å². The van der Waals surface area contributed by atoms with Gasteiger partial charge in [0.1, 0.15) is 5.78 Å². The monoisotopic (exact) mass is 300 g/mol. The molecule has 0 aromatic rings. The minimum Gasteiger partial charge on any atom is -0.456 e. The minimum absolute atomic E-state index is 0.127. The lowest BCUT2D eigenvalue weighted by Crippen LogP contribution is -2.28. The van der Waals surface area contributed by atoms with E-state index >= 15 is 0 Å². The van der Waals surface area contributed by atoms with Gasteiger partial charge in [0.2, 0.25) is 0 Å². The Kier molecular flexibility index (Phi) is 5.08. The van der Waals surface area contributed by atoms with Crippen LogP contribution in [-0.4, -0.2) is 33.8 Å². The van der Waals surface area contributed by atoms with Gasteiger partial charge < -0.3 is 9.05 Å². The van der Waals surface area contributed by atoms with Gasteiger partial charge in [0.15, 0.2) is 0 Å². The first-order valence-corrected chi connectivity index (χ1v) is 13.4. The molecule has 0 bridgehead atoms. The van der Waals surface area contributed by atoms with Crippen LogP contribution in [0.4, 0.5) is 0 Å². The van der Waals surface area contributed by atoms with Crippen LogP contribution in [0.3, 0.4) is 0 Å². The number of Topliss-reactive ketones (excluding diaryl/α,β-unsaturated/α-hetero) is 1. The minimum atomic E-state index is -1.70. The second-order valence-corrected chi connectivity index (χ2v) is 15.6. The molecule has 0 aromatic heterocycles. The van der Waals surface area contributed by atoms with Crippen LogP contribution in [0.1, 0.15) is 19.3 Å². The van der Waals surface area contributed by atoms with E-state index in [0.29, 0.717) is 19.3 Å². The smallest absolute Gasteiger partial charge is 0.278 e. The summed E-state index contributed by atoms with van der Waals surface area (Å²) in [5, 5.41) is 8.26. The molecule has 1 fully saturated rings. The van der Waals surface area contributed by atoms with Gasteiger partial charge in [0.05, 0.1) is 11.4 Å². The summed E-state index contributed by atoms with van der Waals surface area (Å²) in [6, 6.07) is 0. The van der Waals surface area contributed by atoms with Crippen molar-refractivity contribution in [3.05, 3.63) is 0 Å². The van der Waals surface area contributed by atoms with Crippen LogP contribution in [0.5, 0.6) is 0 Å². The van der Waals surface area contributed by atoms with E-state index in [1.54, 1.807) is 0 Å². The maximum absolute atomic E-state index is 11.7. The molecule has 1 aliphatic rings. The predicted molar refractivity (Wildman–Crippen MR) is 82.6 cm³/mol. The fourth-order valence-corrected chi connectivity index (χ4v) is 2.22. The van der Waals surface area contributed by atoms with Crippen LogP contribution in [-0.2, 0) is 13.8 Å². The molecule has 1 saturated carbocycles. The summed E-state index contributed by atoms with van der Waals surface area (Å²) in [5.41, 5.74) is 1.52. The molecule has 0 aromatic carbocycles. The Morgan fingerprint density at radius 3 is 1.47 bits per heavy atom. The molecule has 108 valence electrons. The van der Waals surface area contributed by atoms with Crippen LogP contribution in [0.15, 0.2) is 10.3 Å². The van der Waals surface area contributed by atoms with E-state index in [4.69, 9.17) is 9.05 Å². The Hall–Kier alpha value is -0.956. The third kappa shape index (κ3) is 7.26. The van der Waals surface area contributed by atoms with Gasteiger partial charge in [-0.05, 0) is 39.3 Å². The molecule has 0 radical (unpaired) electrons. The van der Waals surface area contributed by atoms with Crippen molar-refractivity contribution in [2.24, 2.45) is 10.3 Å². The molecule has 0 aliphatic heterocycles. The molecule has 0 spiro atoms. The third-order valence-corrected chi connectivity index (χ3v) is 3.39. The van der Waals surface area contributed by atoms with Crippen LogP contribution in [0.25, 0.3) is 0 Å². The number of oxime groups is 2. The lowest BCUT2D eigenvalue weighted by Gasteiger charge is -2.19. The van der Waals surface area contributed by atoms with Crippen molar-refractivity contribution in [1.82, 2.24) is 0 Å². The average Bonchev–Trinajstić information content (AvgIpc) is 2.21. The van der Waals surface area contributed by atoms with Gasteiger partial charge in [-0.15, -0.1) is 10.3 Å². The molecule has 0 unspecified atom stereocenters. The Morgan fingerprint density at radius 1 is 0.789 bits per heavy atom. The Labute approximate surface area is 117 Å². The number of carbonyl (C=O) groups is 1. The summed E-state index contributed by atoms with van der Waals surface area (Å²) in [6.07, 6.45) is 1.33. The summed E-state index contributed by atoms with van der Waals surface area (Å²) >= 11 is 0. The first-order valence-electron chi connectivity index (χ1n) is 6.55. The molecule has 0 heterocycles. The SMILES string of the molecule is C[Si](C)(C)O/N=C1\CC(=O)C/C(=N/O[Si](C)(C)C)C1. The van der Waals surface area contributed by atoms with Gasteiger partial charge in [0.25, 0.3) is 16.6 Å².